The number of rotatable bonds is 4. The molecule has 0 fully saturated rings. The second kappa shape index (κ2) is 6.19. The van der Waals surface area contributed by atoms with E-state index in [-0.39, 0.29) is 5.91 Å². The van der Waals surface area contributed by atoms with Crippen LogP contribution in [-0.4, -0.2) is 12.5 Å². The van der Waals surface area contributed by atoms with E-state index >= 15 is 0 Å². The molecule has 0 unspecified atom stereocenters. The van der Waals surface area contributed by atoms with E-state index in [4.69, 9.17) is 12.2 Å². The summed E-state index contributed by atoms with van der Waals surface area (Å²) in [6.07, 6.45) is 6.55. The molecular formula is C12H13BrN2O. The van der Waals surface area contributed by atoms with Gasteiger partial charge >= 0.3 is 0 Å². The van der Waals surface area contributed by atoms with Crippen molar-refractivity contribution in [2.75, 3.05) is 12.3 Å². The minimum Gasteiger partial charge on any atom is -0.398 e. The van der Waals surface area contributed by atoms with Gasteiger partial charge in [0.25, 0.3) is 5.91 Å². The van der Waals surface area contributed by atoms with Crippen LogP contribution in [0.15, 0.2) is 22.7 Å². The number of benzene rings is 1. The van der Waals surface area contributed by atoms with Gasteiger partial charge in [-0.15, -0.1) is 12.3 Å². The first-order chi connectivity index (χ1) is 7.65. The number of anilines is 1. The van der Waals surface area contributed by atoms with Crippen molar-refractivity contribution in [3.63, 3.8) is 0 Å². The zero-order valence-electron chi connectivity index (χ0n) is 8.79. The maximum Gasteiger partial charge on any atom is 0.253 e. The molecule has 16 heavy (non-hydrogen) atoms. The highest BCUT2D eigenvalue weighted by Gasteiger charge is 2.08. The average Bonchev–Trinajstić information content (AvgIpc) is 2.27. The fourth-order valence-corrected chi connectivity index (χ4v) is 1.57. The second-order valence-corrected chi connectivity index (χ2v) is 4.21. The molecule has 0 heterocycles. The SMILES string of the molecule is C#CCCCNC(=O)c1cc(Br)ccc1N. The highest BCUT2D eigenvalue weighted by atomic mass is 79.9. The highest BCUT2D eigenvalue weighted by molar-refractivity contribution is 9.10. The molecule has 1 aromatic rings. The van der Waals surface area contributed by atoms with Crippen molar-refractivity contribution in [1.82, 2.24) is 5.32 Å². The van der Waals surface area contributed by atoms with E-state index in [1.54, 1.807) is 18.2 Å². The predicted molar refractivity (Wildman–Crippen MR) is 69.0 cm³/mol. The molecule has 0 saturated heterocycles. The van der Waals surface area contributed by atoms with Gasteiger partial charge in [-0.05, 0) is 24.6 Å². The number of hydrogen-bond acceptors (Lipinski definition) is 2. The monoisotopic (exact) mass is 280 g/mol. The molecule has 1 rings (SSSR count). The van der Waals surface area contributed by atoms with Crippen molar-refractivity contribution in [1.29, 1.82) is 0 Å². The smallest absolute Gasteiger partial charge is 0.253 e. The third-order valence-corrected chi connectivity index (χ3v) is 2.54. The van der Waals surface area contributed by atoms with Gasteiger partial charge in [0.05, 0.1) is 5.56 Å². The summed E-state index contributed by atoms with van der Waals surface area (Å²) in [5, 5.41) is 2.77. The summed E-state index contributed by atoms with van der Waals surface area (Å²) < 4.78 is 0.829. The lowest BCUT2D eigenvalue weighted by molar-refractivity contribution is 0.0954. The number of nitrogens with one attached hydrogen (secondary N) is 1. The Kier molecular flexibility index (Phi) is 4.87. The van der Waals surface area contributed by atoms with E-state index in [1.165, 1.54) is 0 Å². The molecule has 0 aromatic heterocycles. The Hall–Kier alpha value is -1.47. The van der Waals surface area contributed by atoms with E-state index in [0.29, 0.717) is 24.2 Å². The van der Waals surface area contributed by atoms with Crippen LogP contribution in [0.5, 0.6) is 0 Å². The van der Waals surface area contributed by atoms with E-state index in [1.807, 2.05) is 0 Å². The molecule has 0 bridgehead atoms. The molecule has 0 radical (unpaired) electrons. The van der Waals surface area contributed by atoms with Crippen molar-refractivity contribution in [2.24, 2.45) is 0 Å². The van der Waals surface area contributed by atoms with Crippen LogP contribution in [0, 0.1) is 12.3 Å². The van der Waals surface area contributed by atoms with Crippen molar-refractivity contribution in [3.8, 4) is 12.3 Å². The number of amides is 1. The average molecular weight is 281 g/mol. The van der Waals surface area contributed by atoms with Gasteiger partial charge in [0.1, 0.15) is 0 Å². The Morgan fingerprint density at radius 1 is 1.56 bits per heavy atom. The Bertz CT molecular complexity index is 424. The second-order valence-electron chi connectivity index (χ2n) is 3.30. The lowest BCUT2D eigenvalue weighted by Crippen LogP contribution is -2.25. The summed E-state index contributed by atoms with van der Waals surface area (Å²) >= 11 is 3.30. The fourth-order valence-electron chi connectivity index (χ4n) is 1.21. The van der Waals surface area contributed by atoms with Gasteiger partial charge in [-0.1, -0.05) is 15.9 Å². The van der Waals surface area contributed by atoms with Gasteiger partial charge in [0, 0.05) is 23.1 Å². The summed E-state index contributed by atoms with van der Waals surface area (Å²) in [7, 11) is 0. The molecule has 0 aliphatic heterocycles. The Balaban J connectivity index is 2.59. The molecule has 0 atom stereocenters. The topological polar surface area (TPSA) is 55.1 Å². The Labute approximate surface area is 104 Å². The van der Waals surface area contributed by atoms with Crippen LogP contribution in [0.25, 0.3) is 0 Å². The zero-order chi connectivity index (χ0) is 12.0. The van der Waals surface area contributed by atoms with Gasteiger partial charge < -0.3 is 11.1 Å². The summed E-state index contributed by atoms with van der Waals surface area (Å²) in [5.74, 6) is 2.35. The molecule has 0 saturated carbocycles. The van der Waals surface area contributed by atoms with Crippen LogP contribution in [0.4, 0.5) is 5.69 Å². The van der Waals surface area contributed by atoms with Crippen molar-refractivity contribution in [2.45, 2.75) is 12.8 Å². The molecule has 0 aliphatic rings. The molecular weight excluding hydrogens is 268 g/mol. The van der Waals surface area contributed by atoms with Crippen LogP contribution in [0.3, 0.4) is 0 Å². The van der Waals surface area contributed by atoms with Crippen molar-refractivity contribution < 1.29 is 4.79 Å². The van der Waals surface area contributed by atoms with Crippen LogP contribution in [0.1, 0.15) is 23.2 Å². The number of carbonyl (C=O) groups excluding carboxylic acids is 1. The maximum atomic E-state index is 11.7. The third-order valence-electron chi connectivity index (χ3n) is 2.04. The molecule has 4 heteroatoms. The molecule has 1 aromatic carbocycles. The number of nitrogens with two attached hydrogens (primary N) is 1. The molecule has 0 aliphatic carbocycles. The molecule has 0 spiro atoms. The lowest BCUT2D eigenvalue weighted by atomic mass is 10.1. The van der Waals surface area contributed by atoms with Crippen molar-refractivity contribution in [3.05, 3.63) is 28.2 Å². The van der Waals surface area contributed by atoms with Gasteiger partial charge in [-0.2, -0.15) is 0 Å². The van der Waals surface area contributed by atoms with Gasteiger partial charge in [0.15, 0.2) is 0 Å². The van der Waals surface area contributed by atoms with E-state index in [0.717, 1.165) is 10.9 Å². The number of carbonyl (C=O) groups is 1. The fraction of sp³-hybridized carbons (Fsp3) is 0.250. The maximum absolute atomic E-state index is 11.7. The van der Waals surface area contributed by atoms with E-state index in [9.17, 15) is 4.79 Å². The quantitative estimate of drug-likeness (QED) is 0.505. The summed E-state index contributed by atoms with van der Waals surface area (Å²) in [6, 6.07) is 5.19. The van der Waals surface area contributed by atoms with E-state index < -0.39 is 0 Å². The predicted octanol–water partition coefficient (Wildman–Crippen LogP) is 2.17. The molecule has 84 valence electrons. The first-order valence-electron chi connectivity index (χ1n) is 4.92. The van der Waals surface area contributed by atoms with Gasteiger partial charge in [0.2, 0.25) is 0 Å². The first kappa shape index (κ1) is 12.6. The number of halogens is 1. The number of hydrogen-bond donors (Lipinski definition) is 2. The summed E-state index contributed by atoms with van der Waals surface area (Å²) in [6.45, 7) is 0.564. The molecule has 3 N–H and O–H groups in total. The van der Waals surface area contributed by atoms with Crippen LogP contribution in [0.2, 0.25) is 0 Å². The molecule has 3 nitrogen and oxygen atoms in total. The Morgan fingerprint density at radius 3 is 3.00 bits per heavy atom. The van der Waals surface area contributed by atoms with Gasteiger partial charge in [-0.3, -0.25) is 4.79 Å². The molecule has 1 amide bonds. The summed E-state index contributed by atoms with van der Waals surface area (Å²) in [4.78, 5) is 11.7. The standard InChI is InChI=1S/C12H13BrN2O/c1-2-3-4-7-15-12(16)10-8-9(13)5-6-11(10)14/h1,5-6,8H,3-4,7,14H2,(H,15,16). The van der Waals surface area contributed by atoms with Crippen molar-refractivity contribution >= 4 is 27.5 Å². The minimum atomic E-state index is -0.171. The van der Waals surface area contributed by atoms with Gasteiger partial charge in [-0.25, -0.2) is 0 Å². The van der Waals surface area contributed by atoms with E-state index in [2.05, 4.69) is 27.2 Å². The largest absolute Gasteiger partial charge is 0.398 e. The zero-order valence-corrected chi connectivity index (χ0v) is 10.4. The summed E-state index contributed by atoms with van der Waals surface area (Å²) in [5.41, 5.74) is 6.66. The lowest BCUT2D eigenvalue weighted by Gasteiger charge is -2.07. The van der Waals surface area contributed by atoms with Crippen LogP contribution in [-0.2, 0) is 0 Å². The first-order valence-corrected chi connectivity index (χ1v) is 5.71. The number of nitrogen functional groups attached to an aromatic ring is 1. The number of unbranched alkanes of at least 4 members (excludes halogenated alkanes) is 1. The number of terminal acetylenes is 1. The van der Waals surface area contributed by atoms with Crippen LogP contribution < -0.4 is 11.1 Å². The minimum absolute atomic E-state index is 0.171. The van der Waals surface area contributed by atoms with Crippen LogP contribution >= 0.6 is 15.9 Å². The third kappa shape index (κ3) is 3.59. The Morgan fingerprint density at radius 2 is 2.31 bits per heavy atom. The normalized spacial score (nSPS) is 9.50. The highest BCUT2D eigenvalue weighted by Crippen LogP contribution is 2.18.